The van der Waals surface area contributed by atoms with Crippen LogP contribution in [0.5, 0.6) is 5.75 Å². The summed E-state index contributed by atoms with van der Waals surface area (Å²) >= 11 is 6.27. The first-order valence-electron chi connectivity index (χ1n) is 6.17. The lowest BCUT2D eigenvalue weighted by Gasteiger charge is -2.20. The van der Waals surface area contributed by atoms with Crippen molar-refractivity contribution < 1.29 is 4.74 Å². The summed E-state index contributed by atoms with van der Waals surface area (Å²) in [6.45, 7) is 9.60. The smallest absolute Gasteiger partial charge is 0.126 e. The highest BCUT2D eigenvalue weighted by atomic mass is 35.5. The lowest BCUT2D eigenvalue weighted by Crippen LogP contribution is -2.10. The summed E-state index contributed by atoms with van der Waals surface area (Å²) in [6.07, 6.45) is 0.807. The molecule has 0 bridgehead atoms. The molecule has 96 valence electrons. The summed E-state index contributed by atoms with van der Waals surface area (Å²) in [5, 5.41) is 0.806. The van der Waals surface area contributed by atoms with Gasteiger partial charge in [-0.25, -0.2) is 0 Å². The summed E-state index contributed by atoms with van der Waals surface area (Å²) in [5.74, 6) is 1.38. The minimum absolute atomic E-state index is 0.395. The second-order valence-electron chi connectivity index (χ2n) is 4.51. The van der Waals surface area contributed by atoms with E-state index in [0.29, 0.717) is 19.1 Å². The maximum Gasteiger partial charge on any atom is 0.126 e. The molecule has 0 aromatic heterocycles. The highest BCUT2D eigenvalue weighted by molar-refractivity contribution is 6.31. The van der Waals surface area contributed by atoms with E-state index < -0.39 is 0 Å². The molecule has 0 unspecified atom stereocenters. The Kier molecular flexibility index (Phi) is 5.29. The Morgan fingerprint density at radius 3 is 2.53 bits per heavy atom. The first-order chi connectivity index (χ1) is 8.02. The predicted molar refractivity (Wildman–Crippen MR) is 74.2 cm³/mol. The maximum absolute atomic E-state index is 6.27. The molecule has 1 aromatic rings. The number of ether oxygens (including phenoxy) is 1. The Hall–Kier alpha value is -0.730. The Balaban J connectivity index is 3.40. The molecule has 0 aliphatic heterocycles. The largest absolute Gasteiger partial charge is 0.493 e. The fourth-order valence-corrected chi connectivity index (χ4v) is 2.22. The van der Waals surface area contributed by atoms with E-state index in [1.165, 1.54) is 5.56 Å². The van der Waals surface area contributed by atoms with Crippen LogP contribution in [-0.4, -0.2) is 13.2 Å². The molecule has 2 N–H and O–H groups in total. The maximum atomic E-state index is 6.27. The van der Waals surface area contributed by atoms with Crippen LogP contribution in [0.3, 0.4) is 0 Å². The van der Waals surface area contributed by atoms with Gasteiger partial charge in [0.05, 0.1) is 6.61 Å². The van der Waals surface area contributed by atoms with Crippen LogP contribution < -0.4 is 10.5 Å². The van der Waals surface area contributed by atoms with Crippen molar-refractivity contribution >= 4 is 11.6 Å². The van der Waals surface area contributed by atoms with Gasteiger partial charge in [0.25, 0.3) is 0 Å². The molecule has 0 spiro atoms. The third-order valence-corrected chi connectivity index (χ3v) is 3.33. The molecule has 0 amide bonds. The van der Waals surface area contributed by atoms with Gasteiger partial charge in [0.2, 0.25) is 0 Å². The number of halogens is 1. The number of hydrogen-bond donors (Lipinski definition) is 1. The van der Waals surface area contributed by atoms with Gasteiger partial charge in [0.1, 0.15) is 5.75 Å². The zero-order valence-corrected chi connectivity index (χ0v) is 11.9. The highest BCUT2D eigenvalue weighted by Crippen LogP contribution is 2.36. The van der Waals surface area contributed by atoms with Crippen molar-refractivity contribution in [2.45, 2.75) is 40.0 Å². The molecule has 0 saturated carbocycles. The van der Waals surface area contributed by atoms with Crippen molar-refractivity contribution in [1.82, 2.24) is 0 Å². The standard InChI is InChI=1S/C14H22ClNO/c1-5-17-14-11(6-7-16)10(4)13(15)8-12(14)9(2)3/h8-9H,5-7,16H2,1-4H3. The van der Waals surface area contributed by atoms with Crippen LogP contribution in [0, 0.1) is 6.92 Å². The van der Waals surface area contributed by atoms with E-state index in [-0.39, 0.29) is 0 Å². The summed E-state index contributed by atoms with van der Waals surface area (Å²) in [7, 11) is 0. The molecule has 3 heteroatoms. The quantitative estimate of drug-likeness (QED) is 0.871. The second-order valence-corrected chi connectivity index (χ2v) is 4.91. The van der Waals surface area contributed by atoms with E-state index in [0.717, 1.165) is 28.3 Å². The van der Waals surface area contributed by atoms with E-state index in [1.807, 2.05) is 19.9 Å². The molecule has 0 aliphatic carbocycles. The molecule has 0 aliphatic rings. The number of benzene rings is 1. The minimum atomic E-state index is 0.395. The molecular formula is C14H22ClNO. The lowest BCUT2D eigenvalue weighted by atomic mass is 9.94. The number of nitrogens with two attached hydrogens (primary N) is 1. The summed E-state index contributed by atoms with van der Waals surface area (Å²) in [5.41, 5.74) is 9.09. The van der Waals surface area contributed by atoms with Gasteiger partial charge in [0, 0.05) is 10.6 Å². The van der Waals surface area contributed by atoms with Crippen LogP contribution in [0.25, 0.3) is 0 Å². The van der Waals surface area contributed by atoms with E-state index in [2.05, 4.69) is 13.8 Å². The lowest BCUT2D eigenvalue weighted by molar-refractivity contribution is 0.331. The van der Waals surface area contributed by atoms with Gasteiger partial charge in [-0.1, -0.05) is 25.4 Å². The Morgan fingerprint density at radius 2 is 2.06 bits per heavy atom. The summed E-state index contributed by atoms with van der Waals surface area (Å²) in [6, 6.07) is 2.02. The van der Waals surface area contributed by atoms with Gasteiger partial charge < -0.3 is 10.5 Å². The monoisotopic (exact) mass is 255 g/mol. The molecule has 1 rings (SSSR count). The molecule has 1 aromatic carbocycles. The Bertz CT molecular complexity index is 388. The first kappa shape index (κ1) is 14.3. The third-order valence-electron chi connectivity index (χ3n) is 2.93. The van der Waals surface area contributed by atoms with Crippen LogP contribution in [0.4, 0.5) is 0 Å². The molecule has 2 nitrogen and oxygen atoms in total. The average Bonchev–Trinajstić information content (AvgIpc) is 2.28. The van der Waals surface area contributed by atoms with Crippen molar-refractivity contribution in [2.24, 2.45) is 5.73 Å². The number of rotatable bonds is 5. The first-order valence-corrected chi connectivity index (χ1v) is 6.55. The third kappa shape index (κ3) is 3.14. The molecule has 0 radical (unpaired) electrons. The Morgan fingerprint density at radius 1 is 1.41 bits per heavy atom. The molecule has 17 heavy (non-hydrogen) atoms. The summed E-state index contributed by atoms with van der Waals surface area (Å²) < 4.78 is 5.80. The van der Waals surface area contributed by atoms with E-state index in [1.54, 1.807) is 0 Å². The fraction of sp³-hybridized carbons (Fsp3) is 0.571. The van der Waals surface area contributed by atoms with E-state index in [4.69, 9.17) is 22.1 Å². The van der Waals surface area contributed by atoms with Crippen LogP contribution in [0.2, 0.25) is 5.02 Å². The van der Waals surface area contributed by atoms with Crippen LogP contribution in [0.1, 0.15) is 43.4 Å². The van der Waals surface area contributed by atoms with Gasteiger partial charge in [-0.15, -0.1) is 0 Å². The zero-order valence-electron chi connectivity index (χ0n) is 11.1. The van der Waals surface area contributed by atoms with Crippen molar-refractivity contribution in [3.63, 3.8) is 0 Å². The van der Waals surface area contributed by atoms with Crippen molar-refractivity contribution in [3.8, 4) is 5.75 Å². The van der Waals surface area contributed by atoms with Crippen LogP contribution >= 0.6 is 11.6 Å². The second kappa shape index (κ2) is 6.27. The van der Waals surface area contributed by atoms with Crippen LogP contribution in [-0.2, 0) is 6.42 Å². The number of hydrogen-bond acceptors (Lipinski definition) is 2. The normalized spacial score (nSPS) is 11.0. The SMILES string of the molecule is CCOc1c(C(C)C)cc(Cl)c(C)c1CCN. The summed E-state index contributed by atoms with van der Waals surface area (Å²) in [4.78, 5) is 0. The van der Waals surface area contributed by atoms with Gasteiger partial charge in [-0.3, -0.25) is 0 Å². The van der Waals surface area contributed by atoms with E-state index >= 15 is 0 Å². The van der Waals surface area contributed by atoms with Crippen LogP contribution in [0.15, 0.2) is 6.07 Å². The zero-order chi connectivity index (χ0) is 13.0. The average molecular weight is 256 g/mol. The topological polar surface area (TPSA) is 35.2 Å². The molecule has 0 heterocycles. The predicted octanol–water partition coefficient (Wildman–Crippen LogP) is 3.67. The molecule has 0 saturated heterocycles. The van der Waals surface area contributed by atoms with Crippen molar-refractivity contribution in [1.29, 1.82) is 0 Å². The van der Waals surface area contributed by atoms with Crippen molar-refractivity contribution in [3.05, 3.63) is 27.8 Å². The van der Waals surface area contributed by atoms with E-state index in [9.17, 15) is 0 Å². The molecule has 0 atom stereocenters. The van der Waals surface area contributed by atoms with Gasteiger partial charge in [0.15, 0.2) is 0 Å². The van der Waals surface area contributed by atoms with Crippen molar-refractivity contribution in [2.75, 3.05) is 13.2 Å². The minimum Gasteiger partial charge on any atom is -0.493 e. The fourth-order valence-electron chi connectivity index (χ4n) is 1.99. The van der Waals surface area contributed by atoms with Gasteiger partial charge >= 0.3 is 0 Å². The van der Waals surface area contributed by atoms with Gasteiger partial charge in [-0.2, -0.15) is 0 Å². The van der Waals surface area contributed by atoms with Gasteiger partial charge in [-0.05, 0) is 49.9 Å². The highest BCUT2D eigenvalue weighted by Gasteiger charge is 2.17. The Labute approximate surface area is 109 Å². The molecule has 0 fully saturated rings. The molecular weight excluding hydrogens is 234 g/mol.